The van der Waals surface area contributed by atoms with Gasteiger partial charge in [-0.3, -0.25) is 19.2 Å². The number of rotatable bonds is 40. The van der Waals surface area contributed by atoms with Gasteiger partial charge < -0.3 is 112 Å². The van der Waals surface area contributed by atoms with Gasteiger partial charge in [0.1, 0.15) is 74.2 Å². The molecule has 5 saturated carbocycles. The molecular formula is C88H114N32O27. The minimum Gasteiger partial charge on any atom is -0.459 e. The Hall–Kier alpha value is -14.2. The molecule has 34 atom stereocenters. The molecular weight excluding hydrogens is 1940 g/mol. The average Bonchev–Trinajstić information content (AvgIpc) is 1.64. The molecule has 8 aliphatic rings. The quantitative estimate of drug-likeness (QED) is 0.00715. The van der Waals surface area contributed by atoms with Crippen molar-refractivity contribution in [2.75, 3.05) is 32.8 Å². The van der Waals surface area contributed by atoms with Gasteiger partial charge in [-0.05, 0) is 154 Å². The van der Waals surface area contributed by atoms with Crippen molar-refractivity contribution < 1.29 is 131 Å². The average molecular weight is 2050 g/mol. The monoisotopic (exact) mass is 2050 g/mol. The van der Waals surface area contributed by atoms with Crippen LogP contribution >= 0.6 is 0 Å². The van der Waals surface area contributed by atoms with E-state index in [1.165, 1.54) is 11.8 Å². The van der Waals surface area contributed by atoms with Crippen LogP contribution in [0, 0.1) is 17.8 Å². The first-order valence-electron chi connectivity index (χ1n) is 46.9. The number of nitrogens with zero attached hydrogens (tertiary/aromatic N) is 32. The molecule has 5 aliphatic carbocycles. The molecule has 0 radical (unpaired) electrons. The highest BCUT2D eigenvalue weighted by molar-refractivity contribution is 5.69. The lowest BCUT2D eigenvalue weighted by atomic mass is 9.79. The number of hydrogen-bond acceptors (Lipinski definition) is 37. The number of hydrogen-bond donors (Lipinski definition) is 7. The second-order valence-electron chi connectivity index (χ2n) is 35.6. The van der Waals surface area contributed by atoms with Gasteiger partial charge in [0.2, 0.25) is 0 Å². The predicted octanol–water partition coefficient (Wildman–Crippen LogP) is 12.2. The Labute approximate surface area is 837 Å². The zero-order valence-electron chi connectivity index (χ0n) is 80.2. The molecule has 4 aromatic rings. The minimum atomic E-state index is -1.78. The zero-order valence-corrected chi connectivity index (χ0v) is 80.2. The maximum Gasteiger partial charge on any atom is 0.410 e. The van der Waals surface area contributed by atoms with Crippen molar-refractivity contribution in [1.29, 1.82) is 0 Å². The summed E-state index contributed by atoms with van der Waals surface area (Å²) in [4.78, 5) is 105. The van der Waals surface area contributed by atoms with Gasteiger partial charge in [-0.1, -0.05) is 179 Å². The fraction of sp³-hybridized carbons (Fsp3) is 0.659. The van der Waals surface area contributed by atoms with Crippen LogP contribution in [0.4, 0.5) is 9.59 Å². The van der Waals surface area contributed by atoms with Gasteiger partial charge in [0.05, 0.1) is 116 Å². The van der Waals surface area contributed by atoms with E-state index in [0.717, 1.165) is 43.0 Å². The van der Waals surface area contributed by atoms with E-state index in [-0.39, 0.29) is 90.5 Å². The standard InChI is InChI=1S/C40H52N16O11.C29H34N10O7.C19H28N6O9/c41-51-46-16-24-14-29(31(50-55-45)34(60)32(24)58)65-37-30(19-57)66-39(35(37)61)67-38-33(59)26(48-53-43)15-27(49-54-44)36(38)64-28-13-23(11-12-25(28)47-52-42)18-56(17-21-7-3-1-4-8-21)40(62)63-20-22-9-5-2-6-10-22;1-18(40)44-26-23(34-37-31)14-24(35-38-32)27(25(26)41)46-28-22(33-36-30)13-12-21(45-28)16-39(15-19-8-4-2-5-9-19)29(42)43-17-20-10-6-3-7-11-20;1-5-12-16(18(19(29)34-12)32-10(4)28)33-13-6-11(7-22-24-20)15(30-8(2)26)17(31-9(3)27)14(13)23-25-21/h1-10,23-39,57-61H,11-20H2;2-11,21-28,41H,12-17H2,1H3;11-19,29H,5-7H2,1-4H3/t23-,24+,25-,26-,27+,28+,29+,30-,31+,32-,33+,34-,35-,36-,37-,38-,39+;21-,22+,23+,24-,25+,26-,27+,28+;11-,12+,13-,14-,15+,16+,17+,18+,19?/m100/s1. The second kappa shape index (κ2) is 58.2. The predicted molar refractivity (Wildman–Crippen MR) is 504 cm³/mol. The van der Waals surface area contributed by atoms with Gasteiger partial charge in [0.15, 0.2) is 25.0 Å². The maximum absolute atomic E-state index is 13.7. The van der Waals surface area contributed by atoms with E-state index in [4.69, 9.17) is 82.9 Å². The van der Waals surface area contributed by atoms with E-state index in [2.05, 4.69) is 100 Å². The molecule has 1 unspecified atom stereocenters. The molecule has 7 N–H and O–H groups in total. The Morgan fingerprint density at radius 2 is 0.796 bits per heavy atom. The number of amides is 2. The van der Waals surface area contributed by atoms with Crippen LogP contribution in [0.25, 0.3) is 104 Å². The zero-order chi connectivity index (χ0) is 106. The molecule has 0 aromatic heterocycles. The third kappa shape index (κ3) is 32.4. The molecule has 4 aromatic carbocycles. The number of aliphatic hydroxyl groups is 7. The minimum absolute atomic E-state index is 0.0398. The van der Waals surface area contributed by atoms with Crippen LogP contribution in [0.15, 0.2) is 172 Å². The summed E-state index contributed by atoms with van der Waals surface area (Å²) in [5.41, 5.74) is 95.7. The molecule has 3 saturated heterocycles. The van der Waals surface area contributed by atoms with Crippen LogP contribution in [0.1, 0.15) is 121 Å². The highest BCUT2D eigenvalue weighted by atomic mass is 16.7. The summed E-state index contributed by atoms with van der Waals surface area (Å²) in [5.74, 6) is -4.59. The summed E-state index contributed by atoms with van der Waals surface area (Å²) >= 11 is 0. The summed E-state index contributed by atoms with van der Waals surface area (Å²) in [7, 11) is 0. The molecule has 2 amide bonds. The van der Waals surface area contributed by atoms with Crippen LogP contribution in [-0.2, 0) is 112 Å². The van der Waals surface area contributed by atoms with Crippen molar-refractivity contribution in [3.8, 4) is 0 Å². The first kappa shape index (κ1) is 115. The van der Waals surface area contributed by atoms with Crippen molar-refractivity contribution in [2.45, 2.75) is 314 Å². The fourth-order valence-electron chi connectivity index (χ4n) is 19.1. The lowest BCUT2D eigenvalue weighted by molar-refractivity contribution is -0.256. The third-order valence-corrected chi connectivity index (χ3v) is 25.8. The molecule has 0 spiro atoms. The fourth-order valence-corrected chi connectivity index (χ4v) is 19.1. The summed E-state index contributed by atoms with van der Waals surface area (Å²) in [5, 5.41) is 114. The molecule has 12 rings (SSSR count). The Balaban J connectivity index is 0.000000240. The summed E-state index contributed by atoms with van der Waals surface area (Å²) < 4.78 is 81.6. The summed E-state index contributed by atoms with van der Waals surface area (Å²) in [6, 6.07) is 28.5. The Bertz CT molecular complexity index is 5520. The van der Waals surface area contributed by atoms with E-state index >= 15 is 0 Å². The molecule has 3 aliphatic heterocycles. The van der Waals surface area contributed by atoms with Crippen LogP contribution in [0.2, 0.25) is 0 Å². The van der Waals surface area contributed by atoms with Gasteiger partial charge in [-0.15, -0.1) is 0 Å². The molecule has 8 fully saturated rings. The number of carbonyl (C=O) groups excluding carboxylic acids is 6. The van der Waals surface area contributed by atoms with E-state index < -0.39 is 244 Å². The number of azide groups is 10. The van der Waals surface area contributed by atoms with Crippen molar-refractivity contribution in [3.63, 3.8) is 0 Å². The summed E-state index contributed by atoms with van der Waals surface area (Å²) in [6.07, 6.45) is -29.2. The Morgan fingerprint density at radius 3 is 1.33 bits per heavy atom. The number of esters is 4. The number of aliphatic hydroxyl groups excluding tert-OH is 7. The molecule has 59 heteroatoms. The van der Waals surface area contributed by atoms with Crippen LogP contribution in [0.5, 0.6) is 0 Å². The topological polar surface area (TPSA) is 867 Å². The highest BCUT2D eigenvalue weighted by Gasteiger charge is 2.58. The first-order chi connectivity index (χ1) is 71.0. The van der Waals surface area contributed by atoms with Gasteiger partial charge in [-0.25, -0.2) is 9.59 Å². The maximum atomic E-state index is 13.7. The van der Waals surface area contributed by atoms with E-state index in [1.54, 1.807) is 11.8 Å². The largest absolute Gasteiger partial charge is 0.459 e. The Morgan fingerprint density at radius 1 is 0.361 bits per heavy atom. The van der Waals surface area contributed by atoms with Crippen LogP contribution < -0.4 is 0 Å². The number of ether oxygens (including phenoxy) is 14. The molecule has 59 nitrogen and oxygen atoms in total. The van der Waals surface area contributed by atoms with E-state index in [9.17, 15) is 103 Å². The van der Waals surface area contributed by atoms with Crippen molar-refractivity contribution in [2.24, 2.45) is 68.9 Å². The second-order valence-corrected chi connectivity index (χ2v) is 35.6. The number of carbonyl (C=O) groups is 6. The SMILES string of the molecule is CC(=O)O[C@@H]1[C@@H](O)[C@H](O[C@H]2O[C@H](CN(Cc3ccccc3)C(=O)OCc3ccccc3)CC[C@H]2N=[N+]=[N-])[C@@H](N=[N+]=[N-])C[C@H]1N=[N+]=[N-].CC[C@H]1OC(O)[C@H](OC(C)=O)[C@@H]1O[C@H]1C[C@@H](CN=[N+]=[N-])[C@@H](OC(C)=O)[C@H](OC(C)=O)[C@H]1N=[N+]=[N-].[N-]=[N+]=NC[C@@H]1C[C@H](O[C@H]2[C@@H](O)[C@H](O[C@@H]3[C@@H](O)[C@H](N=[N+]=[N-])C[C@H](N=[N+]=[N-])[C@H]3O[C@H]3C[C@H](CN(Cc4ccccc4)C(=O)OCc4ccccc4)CC[C@H]3N=[N+]=[N-])O[C@@H]2CO)[C@H](N=[N+]=[N-])[C@@H](O)[C@@H]1O. The summed E-state index contributed by atoms with van der Waals surface area (Å²) in [6.45, 7) is 6.07. The first-order valence-corrected chi connectivity index (χ1v) is 46.9. The molecule has 147 heavy (non-hydrogen) atoms. The Kier molecular flexibility index (Phi) is 45.4. The van der Waals surface area contributed by atoms with Crippen molar-refractivity contribution in [3.05, 3.63) is 248 Å². The lowest BCUT2D eigenvalue weighted by Crippen LogP contribution is -2.60. The van der Waals surface area contributed by atoms with Crippen molar-refractivity contribution >= 4 is 36.1 Å². The normalized spacial score (nSPS) is 32.3. The lowest BCUT2D eigenvalue weighted by Gasteiger charge is -2.46. The van der Waals surface area contributed by atoms with Gasteiger partial charge >= 0.3 is 36.1 Å². The molecule has 0 bridgehead atoms. The van der Waals surface area contributed by atoms with E-state index in [0.29, 0.717) is 32.1 Å². The van der Waals surface area contributed by atoms with Crippen LogP contribution in [-0.4, -0.2) is 304 Å². The van der Waals surface area contributed by atoms with Gasteiger partial charge in [0.25, 0.3) is 0 Å². The smallest absolute Gasteiger partial charge is 0.410 e. The molecule has 788 valence electrons. The highest BCUT2D eigenvalue weighted by Crippen LogP contribution is 2.44. The van der Waals surface area contributed by atoms with Gasteiger partial charge in [0, 0.05) is 115 Å². The van der Waals surface area contributed by atoms with Crippen molar-refractivity contribution in [1.82, 2.24) is 9.80 Å². The van der Waals surface area contributed by atoms with Crippen LogP contribution in [0.3, 0.4) is 0 Å². The molecule has 3 heterocycles. The van der Waals surface area contributed by atoms with Gasteiger partial charge in [-0.2, -0.15) is 0 Å². The third-order valence-electron chi connectivity index (χ3n) is 25.8. The number of benzene rings is 4. The van der Waals surface area contributed by atoms with E-state index in [1.807, 2.05) is 121 Å².